The number of thiophene rings is 1. The van der Waals surface area contributed by atoms with Crippen molar-refractivity contribution in [2.45, 2.75) is 18.9 Å². The lowest BCUT2D eigenvalue weighted by Crippen LogP contribution is -2.39. The summed E-state index contributed by atoms with van der Waals surface area (Å²) >= 11 is 1.30. The number of nitriles is 1. The molecular formula is C13H19N5OS. The van der Waals surface area contributed by atoms with E-state index in [1.807, 2.05) is 0 Å². The van der Waals surface area contributed by atoms with Crippen LogP contribution in [0.1, 0.15) is 28.1 Å². The summed E-state index contributed by atoms with van der Waals surface area (Å²) in [7, 11) is 3.35. The maximum absolute atomic E-state index is 12.1. The molecular weight excluding hydrogens is 274 g/mol. The van der Waals surface area contributed by atoms with Crippen molar-refractivity contribution in [2.75, 3.05) is 37.8 Å². The smallest absolute Gasteiger partial charge is 0.265 e. The van der Waals surface area contributed by atoms with Gasteiger partial charge in [0.1, 0.15) is 21.5 Å². The molecule has 1 aliphatic heterocycles. The topological polar surface area (TPSA) is 99.4 Å². The van der Waals surface area contributed by atoms with E-state index in [1.165, 1.54) is 16.2 Å². The number of hydrogen-bond acceptors (Lipinski definition) is 6. The zero-order valence-corrected chi connectivity index (χ0v) is 12.5. The van der Waals surface area contributed by atoms with Crippen LogP contribution in [-0.4, -0.2) is 44.0 Å². The predicted molar refractivity (Wildman–Crippen MR) is 80.9 cm³/mol. The monoisotopic (exact) mass is 293 g/mol. The highest BCUT2D eigenvalue weighted by Crippen LogP contribution is 2.39. The van der Waals surface area contributed by atoms with E-state index in [0.29, 0.717) is 16.1 Å². The molecule has 0 saturated carbocycles. The first-order valence-corrected chi connectivity index (χ1v) is 7.32. The number of carbonyl (C=O) groups is 1. The van der Waals surface area contributed by atoms with Gasteiger partial charge in [0.05, 0.1) is 5.69 Å². The second-order valence-electron chi connectivity index (χ2n) is 5.16. The summed E-state index contributed by atoms with van der Waals surface area (Å²) in [4.78, 5) is 16.1. The molecule has 7 heteroatoms. The van der Waals surface area contributed by atoms with Crippen LogP contribution in [0.25, 0.3) is 0 Å². The van der Waals surface area contributed by atoms with Gasteiger partial charge in [0, 0.05) is 33.2 Å². The zero-order valence-electron chi connectivity index (χ0n) is 11.7. The van der Waals surface area contributed by atoms with E-state index < -0.39 is 0 Å². The third-order valence-corrected chi connectivity index (χ3v) is 4.72. The van der Waals surface area contributed by atoms with Gasteiger partial charge in [-0.3, -0.25) is 4.79 Å². The van der Waals surface area contributed by atoms with Gasteiger partial charge in [-0.1, -0.05) is 0 Å². The molecule has 0 atom stereocenters. The number of carbonyl (C=O) groups excluding carboxylic acids is 1. The summed E-state index contributed by atoms with van der Waals surface area (Å²) in [6, 6.07) is 2.35. The van der Waals surface area contributed by atoms with Gasteiger partial charge in [-0.05, 0) is 12.8 Å². The molecule has 0 bridgehead atoms. The normalized spacial score (nSPS) is 16.0. The zero-order chi connectivity index (χ0) is 14.9. The SMILES string of the molecule is CN(C)C(=O)c1sc(N2CCC(N)CC2)c(C#N)c1N. The second kappa shape index (κ2) is 5.69. The summed E-state index contributed by atoms with van der Waals surface area (Å²) in [5, 5.41) is 10.1. The van der Waals surface area contributed by atoms with Gasteiger partial charge in [0.25, 0.3) is 5.91 Å². The van der Waals surface area contributed by atoms with Crippen LogP contribution in [0.3, 0.4) is 0 Å². The Bertz CT molecular complexity index is 552. The van der Waals surface area contributed by atoms with Crippen LogP contribution in [0, 0.1) is 11.3 Å². The number of anilines is 2. The molecule has 0 radical (unpaired) electrons. The number of piperidine rings is 1. The Labute approximate surface area is 122 Å². The summed E-state index contributed by atoms with van der Waals surface area (Å²) in [6.07, 6.45) is 1.78. The summed E-state index contributed by atoms with van der Waals surface area (Å²) < 4.78 is 0. The Hall–Kier alpha value is -1.78. The fraction of sp³-hybridized carbons (Fsp3) is 0.538. The number of nitrogen functional groups attached to an aromatic ring is 1. The molecule has 20 heavy (non-hydrogen) atoms. The average Bonchev–Trinajstić information content (AvgIpc) is 2.75. The van der Waals surface area contributed by atoms with E-state index in [4.69, 9.17) is 11.5 Å². The first-order chi connectivity index (χ1) is 9.45. The van der Waals surface area contributed by atoms with Crippen molar-refractivity contribution < 1.29 is 4.79 Å². The number of hydrogen-bond donors (Lipinski definition) is 2. The van der Waals surface area contributed by atoms with Gasteiger partial charge in [-0.2, -0.15) is 5.26 Å². The van der Waals surface area contributed by atoms with Gasteiger partial charge in [-0.15, -0.1) is 11.3 Å². The molecule has 108 valence electrons. The summed E-state index contributed by atoms with van der Waals surface area (Å²) in [5.74, 6) is -0.163. The molecule has 4 N–H and O–H groups in total. The van der Waals surface area contributed by atoms with Crippen molar-refractivity contribution in [1.82, 2.24) is 4.90 Å². The van der Waals surface area contributed by atoms with E-state index in [2.05, 4.69) is 11.0 Å². The number of amides is 1. The quantitative estimate of drug-likeness (QED) is 0.841. The minimum Gasteiger partial charge on any atom is -0.396 e. The third kappa shape index (κ3) is 2.57. The maximum atomic E-state index is 12.1. The molecule has 1 saturated heterocycles. The van der Waals surface area contributed by atoms with E-state index in [9.17, 15) is 10.1 Å². The fourth-order valence-corrected chi connectivity index (χ4v) is 3.47. The molecule has 1 fully saturated rings. The first kappa shape index (κ1) is 14.6. The van der Waals surface area contributed by atoms with E-state index in [1.54, 1.807) is 14.1 Å². The van der Waals surface area contributed by atoms with Crippen LogP contribution in [0.5, 0.6) is 0 Å². The largest absolute Gasteiger partial charge is 0.396 e. The van der Waals surface area contributed by atoms with E-state index in [-0.39, 0.29) is 11.9 Å². The molecule has 1 aliphatic rings. The summed E-state index contributed by atoms with van der Waals surface area (Å²) in [5.41, 5.74) is 12.6. The molecule has 0 aromatic carbocycles. The van der Waals surface area contributed by atoms with Crippen LogP contribution < -0.4 is 16.4 Å². The minimum absolute atomic E-state index is 0.163. The van der Waals surface area contributed by atoms with E-state index in [0.717, 1.165) is 30.9 Å². The van der Waals surface area contributed by atoms with Crippen molar-refractivity contribution >= 4 is 27.9 Å². The van der Waals surface area contributed by atoms with Crippen molar-refractivity contribution in [3.8, 4) is 6.07 Å². The molecule has 1 aromatic rings. The summed E-state index contributed by atoms with van der Waals surface area (Å²) in [6.45, 7) is 1.59. The average molecular weight is 293 g/mol. The Balaban J connectivity index is 2.37. The minimum atomic E-state index is -0.163. The predicted octanol–water partition coefficient (Wildman–Crippen LogP) is 0.831. The Kier molecular flexibility index (Phi) is 4.16. The Morgan fingerprint density at radius 3 is 2.55 bits per heavy atom. The van der Waals surface area contributed by atoms with Crippen LogP contribution in [0.2, 0.25) is 0 Å². The second-order valence-corrected chi connectivity index (χ2v) is 6.16. The molecule has 6 nitrogen and oxygen atoms in total. The highest BCUT2D eigenvalue weighted by atomic mass is 32.1. The van der Waals surface area contributed by atoms with Gasteiger partial charge in [0.2, 0.25) is 0 Å². The number of nitrogens with zero attached hydrogens (tertiary/aromatic N) is 3. The van der Waals surface area contributed by atoms with Gasteiger partial charge in [0.15, 0.2) is 0 Å². The maximum Gasteiger partial charge on any atom is 0.265 e. The van der Waals surface area contributed by atoms with Gasteiger partial charge in [-0.25, -0.2) is 0 Å². The van der Waals surface area contributed by atoms with Crippen LogP contribution in [-0.2, 0) is 0 Å². The molecule has 0 unspecified atom stereocenters. The molecule has 1 aromatic heterocycles. The van der Waals surface area contributed by atoms with Crippen molar-refractivity contribution in [3.05, 3.63) is 10.4 Å². The number of rotatable bonds is 2. The Morgan fingerprint density at radius 2 is 2.05 bits per heavy atom. The molecule has 2 rings (SSSR count). The highest BCUT2D eigenvalue weighted by molar-refractivity contribution is 7.19. The van der Waals surface area contributed by atoms with Crippen LogP contribution in [0.15, 0.2) is 0 Å². The van der Waals surface area contributed by atoms with Crippen molar-refractivity contribution in [2.24, 2.45) is 5.73 Å². The number of nitrogens with two attached hydrogens (primary N) is 2. The van der Waals surface area contributed by atoms with Crippen LogP contribution in [0.4, 0.5) is 10.7 Å². The molecule has 0 spiro atoms. The standard InChI is InChI=1S/C13H19N5OS/c1-17(2)12(19)11-10(16)9(7-14)13(20-11)18-5-3-8(15)4-6-18/h8H,3-6,15-16H2,1-2H3. The third-order valence-electron chi connectivity index (χ3n) is 3.47. The lowest BCUT2D eigenvalue weighted by atomic mass is 10.1. The van der Waals surface area contributed by atoms with E-state index >= 15 is 0 Å². The van der Waals surface area contributed by atoms with Crippen molar-refractivity contribution in [1.29, 1.82) is 5.26 Å². The molecule has 0 aliphatic carbocycles. The lowest BCUT2D eigenvalue weighted by Gasteiger charge is -2.31. The van der Waals surface area contributed by atoms with Crippen LogP contribution >= 0.6 is 11.3 Å². The van der Waals surface area contributed by atoms with Gasteiger partial charge < -0.3 is 21.3 Å². The fourth-order valence-electron chi connectivity index (χ4n) is 2.23. The van der Waals surface area contributed by atoms with Gasteiger partial charge >= 0.3 is 0 Å². The molecule has 2 heterocycles. The first-order valence-electron chi connectivity index (χ1n) is 6.50. The Morgan fingerprint density at radius 1 is 1.45 bits per heavy atom. The highest BCUT2D eigenvalue weighted by Gasteiger charge is 2.27. The van der Waals surface area contributed by atoms with Crippen molar-refractivity contribution in [3.63, 3.8) is 0 Å². The molecule has 1 amide bonds. The lowest BCUT2D eigenvalue weighted by molar-refractivity contribution is 0.0833.